The summed E-state index contributed by atoms with van der Waals surface area (Å²) >= 11 is 0. The Morgan fingerprint density at radius 1 is 0.882 bits per heavy atom. The number of non-ortho nitro benzene ring substituents is 1. The van der Waals surface area contributed by atoms with Gasteiger partial charge in [-0.15, -0.1) is 0 Å². The molecular formula is C38H45N5O8. The van der Waals surface area contributed by atoms with Crippen LogP contribution in [0.15, 0.2) is 79.0 Å². The number of hydrogen-bond donors (Lipinski definition) is 3. The van der Waals surface area contributed by atoms with Crippen molar-refractivity contribution >= 4 is 46.1 Å². The number of carbonyl (C=O) groups excluding carboxylic acids is 3. The predicted molar refractivity (Wildman–Crippen MR) is 195 cm³/mol. The molecule has 1 aromatic heterocycles. The van der Waals surface area contributed by atoms with E-state index in [1.165, 1.54) is 18.3 Å². The van der Waals surface area contributed by atoms with E-state index in [0.29, 0.717) is 27.6 Å². The number of nitro groups is 1. The maximum atomic E-state index is 13.8. The number of pyridine rings is 1. The molecule has 0 bridgehead atoms. The van der Waals surface area contributed by atoms with Crippen LogP contribution in [0.1, 0.15) is 78.1 Å². The van der Waals surface area contributed by atoms with Gasteiger partial charge in [-0.2, -0.15) is 4.90 Å². The number of nitrogens with one attached hydrogen (secondary N) is 2. The number of anilines is 2. The van der Waals surface area contributed by atoms with Crippen molar-refractivity contribution in [3.05, 3.63) is 106 Å². The van der Waals surface area contributed by atoms with E-state index in [0.717, 1.165) is 10.5 Å². The summed E-state index contributed by atoms with van der Waals surface area (Å²) in [6.45, 7) is 13.9. The number of fused-ring (bicyclic) bond motifs is 1. The summed E-state index contributed by atoms with van der Waals surface area (Å²) in [6, 6.07) is 19.3. The standard InChI is InChI=1S/C38H45N5O8/c1-36(2,3)50-34(46)42(35(47)51-37(4,5)6)32-30-17-16-28(21-26(30)18-19-39-32)41-31(25-12-14-27(15-13-25)38(7,8)23-44)33(45)40-22-24-10-9-11-29(20-24)43(48)49/h9-21,31,41,44H,22-23H2,1-8H3,(H,40,45). The highest BCUT2D eigenvalue weighted by Gasteiger charge is 2.35. The summed E-state index contributed by atoms with van der Waals surface area (Å²) in [5.74, 6) is -0.386. The molecule has 1 atom stereocenters. The summed E-state index contributed by atoms with van der Waals surface area (Å²) < 4.78 is 11.1. The van der Waals surface area contributed by atoms with Gasteiger partial charge in [0.15, 0.2) is 5.82 Å². The average molecular weight is 700 g/mol. The van der Waals surface area contributed by atoms with E-state index in [9.17, 15) is 29.6 Å². The topological polar surface area (TPSA) is 173 Å². The summed E-state index contributed by atoms with van der Waals surface area (Å²) in [4.78, 5) is 56.4. The molecule has 0 saturated heterocycles. The Kier molecular flexibility index (Phi) is 11.3. The monoisotopic (exact) mass is 699 g/mol. The van der Waals surface area contributed by atoms with Crippen LogP contribution in [0.5, 0.6) is 0 Å². The van der Waals surface area contributed by atoms with E-state index in [-0.39, 0.29) is 24.7 Å². The third-order valence-electron chi connectivity index (χ3n) is 7.69. The Hall–Kier alpha value is -5.56. The van der Waals surface area contributed by atoms with Gasteiger partial charge in [0.25, 0.3) is 5.69 Å². The Bertz CT molecular complexity index is 1880. The van der Waals surface area contributed by atoms with E-state index in [1.54, 1.807) is 90.1 Å². The van der Waals surface area contributed by atoms with Gasteiger partial charge >= 0.3 is 12.2 Å². The number of aliphatic hydroxyl groups is 1. The summed E-state index contributed by atoms with van der Waals surface area (Å²) in [5.41, 5.74) is 0.210. The Balaban J connectivity index is 1.71. The lowest BCUT2D eigenvalue weighted by molar-refractivity contribution is -0.384. The summed E-state index contributed by atoms with van der Waals surface area (Å²) in [6.07, 6.45) is -0.451. The minimum Gasteiger partial charge on any atom is -0.443 e. The number of carbonyl (C=O) groups is 3. The molecule has 270 valence electrons. The van der Waals surface area contributed by atoms with Gasteiger partial charge in [0.1, 0.15) is 17.2 Å². The van der Waals surface area contributed by atoms with E-state index in [1.807, 2.05) is 26.0 Å². The van der Waals surface area contributed by atoms with Crippen LogP contribution in [0.3, 0.4) is 0 Å². The number of benzene rings is 3. The molecule has 0 saturated carbocycles. The molecule has 0 aliphatic carbocycles. The molecule has 0 fully saturated rings. The fourth-order valence-electron chi connectivity index (χ4n) is 5.05. The zero-order valence-corrected chi connectivity index (χ0v) is 30.1. The first kappa shape index (κ1) is 38.2. The van der Waals surface area contributed by atoms with Crippen LogP contribution in [-0.2, 0) is 26.2 Å². The molecule has 4 rings (SSSR count). The fraction of sp³-hybridized carbons (Fsp3) is 0.368. The lowest BCUT2D eigenvalue weighted by Gasteiger charge is -2.28. The molecule has 0 radical (unpaired) electrons. The van der Waals surface area contributed by atoms with Crippen molar-refractivity contribution in [2.75, 3.05) is 16.8 Å². The third kappa shape index (κ3) is 10.0. The Morgan fingerprint density at radius 2 is 1.51 bits per heavy atom. The van der Waals surface area contributed by atoms with Crippen molar-refractivity contribution in [1.29, 1.82) is 0 Å². The second-order valence-electron chi connectivity index (χ2n) is 14.8. The van der Waals surface area contributed by atoms with Crippen molar-refractivity contribution < 1.29 is 33.9 Å². The van der Waals surface area contributed by atoms with Crippen LogP contribution >= 0.6 is 0 Å². The minimum atomic E-state index is -0.952. The molecule has 13 nitrogen and oxygen atoms in total. The number of nitrogens with zero attached hydrogens (tertiary/aromatic N) is 3. The first-order valence-corrected chi connectivity index (χ1v) is 16.4. The number of aromatic nitrogens is 1. The molecule has 1 unspecified atom stereocenters. The second kappa shape index (κ2) is 15.1. The van der Waals surface area contributed by atoms with Gasteiger partial charge in [-0.1, -0.05) is 50.2 Å². The Morgan fingerprint density at radius 3 is 2.08 bits per heavy atom. The zero-order valence-electron chi connectivity index (χ0n) is 30.1. The van der Waals surface area contributed by atoms with E-state index >= 15 is 0 Å². The molecule has 0 aliphatic rings. The van der Waals surface area contributed by atoms with Gasteiger partial charge < -0.3 is 25.2 Å². The summed E-state index contributed by atoms with van der Waals surface area (Å²) in [5, 5.41) is 28.4. The van der Waals surface area contributed by atoms with Crippen molar-refractivity contribution in [2.45, 2.75) is 84.6 Å². The summed E-state index contributed by atoms with van der Waals surface area (Å²) in [7, 11) is 0. The minimum absolute atomic E-state index is 0.0101. The maximum absolute atomic E-state index is 13.8. The average Bonchev–Trinajstić information content (AvgIpc) is 3.04. The molecule has 0 aliphatic heterocycles. The van der Waals surface area contributed by atoms with Crippen LogP contribution in [0.25, 0.3) is 10.8 Å². The van der Waals surface area contributed by atoms with Crippen LogP contribution in [0.4, 0.5) is 26.8 Å². The normalized spacial score (nSPS) is 12.5. The molecule has 4 aromatic rings. The molecule has 13 heteroatoms. The Labute approximate surface area is 297 Å². The number of nitro benzene ring substituents is 1. The SMILES string of the molecule is CC(C)(C)OC(=O)N(C(=O)OC(C)(C)C)c1nccc2cc(NC(C(=O)NCc3cccc([N+](=O)[O-])c3)c3ccc(C(C)(C)CO)cc3)ccc12. The number of ether oxygens (including phenoxy) is 2. The number of hydrogen-bond acceptors (Lipinski definition) is 10. The lowest BCUT2D eigenvalue weighted by Crippen LogP contribution is -2.44. The molecule has 3 amide bonds. The zero-order chi connectivity index (χ0) is 37.7. The molecule has 3 N–H and O–H groups in total. The second-order valence-corrected chi connectivity index (χ2v) is 14.8. The highest BCUT2D eigenvalue weighted by Crippen LogP contribution is 2.32. The highest BCUT2D eigenvalue weighted by molar-refractivity contribution is 6.14. The molecule has 1 heterocycles. The van der Waals surface area contributed by atoms with Gasteiger partial charge in [0.05, 0.1) is 11.5 Å². The van der Waals surface area contributed by atoms with Crippen LogP contribution in [-0.4, -0.2) is 50.9 Å². The van der Waals surface area contributed by atoms with Crippen LogP contribution < -0.4 is 15.5 Å². The van der Waals surface area contributed by atoms with Gasteiger partial charge in [-0.05, 0) is 87.9 Å². The van der Waals surface area contributed by atoms with Gasteiger partial charge in [0.2, 0.25) is 5.91 Å². The number of aliphatic hydroxyl groups excluding tert-OH is 1. The fourth-order valence-corrected chi connectivity index (χ4v) is 5.05. The number of amides is 3. The van der Waals surface area contributed by atoms with Crippen LogP contribution in [0, 0.1) is 10.1 Å². The molecule has 0 spiro atoms. The van der Waals surface area contributed by atoms with Gasteiger partial charge in [-0.3, -0.25) is 14.9 Å². The highest BCUT2D eigenvalue weighted by atomic mass is 16.6. The van der Waals surface area contributed by atoms with E-state index in [2.05, 4.69) is 15.6 Å². The predicted octanol–water partition coefficient (Wildman–Crippen LogP) is 7.56. The maximum Gasteiger partial charge on any atom is 0.425 e. The lowest BCUT2D eigenvalue weighted by atomic mass is 9.85. The number of rotatable bonds is 10. The third-order valence-corrected chi connectivity index (χ3v) is 7.69. The largest absolute Gasteiger partial charge is 0.443 e. The quantitative estimate of drug-likeness (QED) is 0.111. The van der Waals surface area contributed by atoms with Crippen molar-refractivity contribution in [2.24, 2.45) is 0 Å². The smallest absolute Gasteiger partial charge is 0.425 e. The first-order valence-electron chi connectivity index (χ1n) is 16.4. The first-order chi connectivity index (χ1) is 23.8. The van der Waals surface area contributed by atoms with Crippen LogP contribution in [0.2, 0.25) is 0 Å². The van der Waals surface area contributed by atoms with Crippen molar-refractivity contribution in [1.82, 2.24) is 10.3 Å². The van der Waals surface area contributed by atoms with Crippen molar-refractivity contribution in [3.8, 4) is 0 Å². The molecular weight excluding hydrogens is 654 g/mol. The van der Waals surface area contributed by atoms with Gasteiger partial charge in [-0.25, -0.2) is 14.6 Å². The van der Waals surface area contributed by atoms with E-state index < -0.39 is 45.7 Å². The van der Waals surface area contributed by atoms with E-state index in [4.69, 9.17) is 9.47 Å². The van der Waals surface area contributed by atoms with Crippen molar-refractivity contribution in [3.63, 3.8) is 0 Å². The number of imide groups is 1. The van der Waals surface area contributed by atoms with Gasteiger partial charge in [0, 0.05) is 41.4 Å². The molecule has 3 aromatic carbocycles. The molecule has 51 heavy (non-hydrogen) atoms.